The standard InChI is InChI=1S/C18H28N4O3/c1-13-19-18(25-20-13)14-6-8-21(9-7-14)12-17(23)22-10-11-24-16-5-3-2-4-15(16)22/h14-16H,2-12H2,1H3/t15-,16+/m1/s1. The van der Waals surface area contributed by atoms with E-state index in [0.29, 0.717) is 30.9 Å². The summed E-state index contributed by atoms with van der Waals surface area (Å²) in [6, 6.07) is 0.300. The van der Waals surface area contributed by atoms with Gasteiger partial charge in [-0.2, -0.15) is 4.98 Å². The lowest BCUT2D eigenvalue weighted by Gasteiger charge is -2.44. The van der Waals surface area contributed by atoms with Crippen molar-refractivity contribution in [3.05, 3.63) is 11.7 Å². The fraction of sp³-hybridized carbons (Fsp3) is 0.833. The molecule has 0 aromatic carbocycles. The molecule has 2 saturated heterocycles. The third kappa shape index (κ3) is 3.72. The zero-order valence-corrected chi connectivity index (χ0v) is 15.0. The maximum Gasteiger partial charge on any atom is 0.237 e. The number of fused-ring (bicyclic) bond motifs is 1. The highest BCUT2D eigenvalue weighted by atomic mass is 16.5. The highest BCUT2D eigenvalue weighted by Gasteiger charge is 2.37. The number of carbonyl (C=O) groups is 1. The van der Waals surface area contributed by atoms with Gasteiger partial charge in [0.15, 0.2) is 5.82 Å². The van der Waals surface area contributed by atoms with Crippen molar-refractivity contribution in [3.8, 4) is 0 Å². The zero-order chi connectivity index (χ0) is 17.2. The molecule has 7 nitrogen and oxygen atoms in total. The molecule has 0 unspecified atom stereocenters. The van der Waals surface area contributed by atoms with Gasteiger partial charge in [-0.3, -0.25) is 9.69 Å². The molecule has 138 valence electrons. The van der Waals surface area contributed by atoms with Crippen molar-refractivity contribution < 1.29 is 14.1 Å². The van der Waals surface area contributed by atoms with E-state index in [4.69, 9.17) is 9.26 Å². The van der Waals surface area contributed by atoms with E-state index in [1.54, 1.807) is 0 Å². The molecule has 1 saturated carbocycles. The number of rotatable bonds is 3. The van der Waals surface area contributed by atoms with E-state index in [-0.39, 0.29) is 12.0 Å². The number of aromatic nitrogens is 2. The number of ether oxygens (including phenoxy) is 1. The van der Waals surface area contributed by atoms with Crippen LogP contribution in [0.3, 0.4) is 0 Å². The van der Waals surface area contributed by atoms with E-state index in [1.165, 1.54) is 12.8 Å². The third-order valence-electron chi connectivity index (χ3n) is 5.89. The van der Waals surface area contributed by atoms with Gasteiger partial charge in [0.25, 0.3) is 0 Å². The Morgan fingerprint density at radius 2 is 1.96 bits per heavy atom. The molecule has 0 spiro atoms. The average molecular weight is 348 g/mol. The van der Waals surface area contributed by atoms with Crippen LogP contribution in [0.4, 0.5) is 0 Å². The number of nitrogens with zero attached hydrogens (tertiary/aromatic N) is 4. The average Bonchev–Trinajstić information content (AvgIpc) is 3.08. The molecule has 3 aliphatic rings. The molecule has 0 N–H and O–H groups in total. The van der Waals surface area contributed by atoms with Crippen molar-refractivity contribution in [2.45, 2.75) is 63.5 Å². The molecule has 0 bridgehead atoms. The summed E-state index contributed by atoms with van der Waals surface area (Å²) >= 11 is 0. The number of aryl methyl sites for hydroxylation is 1. The van der Waals surface area contributed by atoms with E-state index in [2.05, 4.69) is 19.9 Å². The Balaban J connectivity index is 1.30. The van der Waals surface area contributed by atoms with Crippen LogP contribution in [0, 0.1) is 6.92 Å². The van der Waals surface area contributed by atoms with Crippen molar-refractivity contribution in [2.75, 3.05) is 32.8 Å². The van der Waals surface area contributed by atoms with Crippen LogP contribution in [0.5, 0.6) is 0 Å². The number of likely N-dealkylation sites (tertiary alicyclic amines) is 1. The summed E-state index contributed by atoms with van der Waals surface area (Å²) in [5.41, 5.74) is 0. The minimum absolute atomic E-state index is 0.262. The first-order chi connectivity index (χ1) is 12.2. The van der Waals surface area contributed by atoms with Gasteiger partial charge in [0.05, 0.1) is 25.3 Å². The molecule has 2 aliphatic heterocycles. The van der Waals surface area contributed by atoms with Gasteiger partial charge in [0, 0.05) is 12.5 Å². The molecule has 7 heteroatoms. The first kappa shape index (κ1) is 17.0. The second kappa shape index (κ2) is 7.41. The fourth-order valence-corrected chi connectivity index (χ4v) is 4.51. The molecular formula is C18H28N4O3. The van der Waals surface area contributed by atoms with Gasteiger partial charge in [-0.25, -0.2) is 0 Å². The molecule has 0 radical (unpaired) electrons. The number of hydrogen-bond donors (Lipinski definition) is 0. The first-order valence-electron chi connectivity index (χ1n) is 9.64. The number of morpholine rings is 1. The highest BCUT2D eigenvalue weighted by Crippen LogP contribution is 2.29. The van der Waals surface area contributed by atoms with Gasteiger partial charge in [0.2, 0.25) is 11.8 Å². The Morgan fingerprint density at radius 3 is 2.72 bits per heavy atom. The summed E-state index contributed by atoms with van der Waals surface area (Å²) in [7, 11) is 0. The maximum absolute atomic E-state index is 12.9. The first-order valence-corrected chi connectivity index (χ1v) is 9.64. The number of hydrogen-bond acceptors (Lipinski definition) is 6. The molecule has 25 heavy (non-hydrogen) atoms. The molecule has 2 atom stereocenters. The summed E-state index contributed by atoms with van der Waals surface area (Å²) in [6.07, 6.45) is 6.85. The molecule has 3 fully saturated rings. The Morgan fingerprint density at radius 1 is 1.16 bits per heavy atom. The second-order valence-corrected chi connectivity index (χ2v) is 7.58. The number of piperidine rings is 1. The van der Waals surface area contributed by atoms with E-state index in [1.807, 2.05) is 6.92 Å². The van der Waals surface area contributed by atoms with Gasteiger partial charge in [-0.15, -0.1) is 0 Å². The van der Waals surface area contributed by atoms with E-state index in [9.17, 15) is 4.79 Å². The predicted octanol–water partition coefficient (Wildman–Crippen LogP) is 1.73. The van der Waals surface area contributed by atoms with E-state index < -0.39 is 0 Å². The summed E-state index contributed by atoms with van der Waals surface area (Å²) in [6.45, 7) is 5.64. The van der Waals surface area contributed by atoms with Crippen LogP contribution < -0.4 is 0 Å². The van der Waals surface area contributed by atoms with Crippen LogP contribution in [0.1, 0.15) is 56.2 Å². The quantitative estimate of drug-likeness (QED) is 0.828. The lowest BCUT2D eigenvalue weighted by molar-refractivity contribution is -0.150. The van der Waals surface area contributed by atoms with Gasteiger partial charge in [0.1, 0.15) is 0 Å². The Hall–Kier alpha value is -1.47. The SMILES string of the molecule is Cc1noc(C2CCN(CC(=O)N3CCO[C@H]4CCCC[C@H]43)CC2)n1. The third-order valence-corrected chi connectivity index (χ3v) is 5.89. The van der Waals surface area contributed by atoms with Gasteiger partial charge in [-0.1, -0.05) is 18.0 Å². The Bertz CT molecular complexity index is 595. The van der Waals surface area contributed by atoms with Gasteiger partial charge in [-0.05, 0) is 45.7 Å². The smallest absolute Gasteiger partial charge is 0.237 e. The van der Waals surface area contributed by atoms with Crippen molar-refractivity contribution >= 4 is 5.91 Å². The summed E-state index contributed by atoms with van der Waals surface area (Å²) in [4.78, 5) is 21.6. The van der Waals surface area contributed by atoms with E-state index >= 15 is 0 Å². The summed E-state index contributed by atoms with van der Waals surface area (Å²) in [5.74, 6) is 2.05. The minimum atomic E-state index is 0.262. The molecule has 3 heterocycles. The lowest BCUT2D eigenvalue weighted by Crippen LogP contribution is -2.57. The van der Waals surface area contributed by atoms with Gasteiger partial charge >= 0.3 is 0 Å². The van der Waals surface area contributed by atoms with Crippen molar-refractivity contribution in [3.63, 3.8) is 0 Å². The maximum atomic E-state index is 12.9. The molecular weight excluding hydrogens is 320 g/mol. The largest absolute Gasteiger partial charge is 0.374 e. The molecule has 1 aromatic heterocycles. The van der Waals surface area contributed by atoms with Crippen LogP contribution in [-0.4, -0.2) is 70.8 Å². The molecule has 1 aliphatic carbocycles. The van der Waals surface area contributed by atoms with Crippen LogP contribution in [0.2, 0.25) is 0 Å². The summed E-state index contributed by atoms with van der Waals surface area (Å²) < 4.78 is 11.2. The van der Waals surface area contributed by atoms with Crippen molar-refractivity contribution in [2.24, 2.45) is 0 Å². The van der Waals surface area contributed by atoms with Crippen molar-refractivity contribution in [1.82, 2.24) is 19.9 Å². The topological polar surface area (TPSA) is 71.7 Å². The number of carbonyl (C=O) groups excluding carboxylic acids is 1. The van der Waals surface area contributed by atoms with Gasteiger partial charge < -0.3 is 14.2 Å². The lowest BCUT2D eigenvalue weighted by atomic mass is 9.90. The van der Waals surface area contributed by atoms with E-state index in [0.717, 1.165) is 51.2 Å². The Kier molecular flexibility index (Phi) is 5.03. The molecule has 1 aromatic rings. The molecule has 4 rings (SSSR count). The monoisotopic (exact) mass is 348 g/mol. The van der Waals surface area contributed by atoms with Crippen molar-refractivity contribution in [1.29, 1.82) is 0 Å². The Labute approximate surface area is 148 Å². The minimum Gasteiger partial charge on any atom is -0.374 e. The number of amides is 1. The zero-order valence-electron chi connectivity index (χ0n) is 15.0. The summed E-state index contributed by atoms with van der Waals surface area (Å²) in [5, 5.41) is 3.89. The van der Waals surface area contributed by atoms with Crippen LogP contribution in [0.15, 0.2) is 4.52 Å². The van der Waals surface area contributed by atoms with Crippen LogP contribution in [-0.2, 0) is 9.53 Å². The highest BCUT2D eigenvalue weighted by molar-refractivity contribution is 5.78. The normalized spacial score (nSPS) is 28.8. The molecule has 1 amide bonds. The predicted molar refractivity (Wildman–Crippen MR) is 91.2 cm³/mol. The van der Waals surface area contributed by atoms with Crippen LogP contribution in [0.25, 0.3) is 0 Å². The van der Waals surface area contributed by atoms with Crippen LogP contribution >= 0.6 is 0 Å². The second-order valence-electron chi connectivity index (χ2n) is 7.58. The fourth-order valence-electron chi connectivity index (χ4n) is 4.51.